The molecule has 20 heavy (non-hydrogen) atoms. The Morgan fingerprint density at radius 1 is 1.40 bits per heavy atom. The van der Waals surface area contributed by atoms with Gasteiger partial charge < -0.3 is 16.2 Å². The zero-order chi connectivity index (χ0) is 15.3. The second-order valence-electron chi connectivity index (χ2n) is 4.33. The van der Waals surface area contributed by atoms with Gasteiger partial charge in [0.1, 0.15) is 6.04 Å². The van der Waals surface area contributed by atoms with E-state index in [0.717, 1.165) is 10.0 Å². The lowest BCUT2D eigenvalue weighted by atomic mass is 10.1. The molecule has 0 saturated heterocycles. The average molecular weight is 343 g/mol. The van der Waals surface area contributed by atoms with Crippen LogP contribution in [-0.2, 0) is 9.59 Å². The number of aliphatic carboxylic acids is 1. The van der Waals surface area contributed by atoms with E-state index in [0.29, 0.717) is 5.56 Å². The predicted molar refractivity (Wildman–Crippen MR) is 76.2 cm³/mol. The van der Waals surface area contributed by atoms with E-state index in [9.17, 15) is 14.4 Å². The summed E-state index contributed by atoms with van der Waals surface area (Å²) in [6.45, 7) is 1.75. The van der Waals surface area contributed by atoms with Crippen molar-refractivity contribution in [3.05, 3.63) is 33.8 Å². The normalized spacial score (nSPS) is 11.7. The highest BCUT2D eigenvalue weighted by Gasteiger charge is 2.21. The molecule has 1 atom stereocenters. The standard InChI is InChI=1S/C13H15BrN2O4/c1-7-6-8(14)2-3-9(7)12(18)16-10(13(19)20)4-5-11(15)17/h2-3,6,10H,4-5H2,1H3,(H2,15,17)(H,16,18)(H,19,20). The fourth-order valence-electron chi connectivity index (χ4n) is 1.66. The number of carbonyl (C=O) groups excluding carboxylic acids is 2. The molecule has 0 fully saturated rings. The van der Waals surface area contributed by atoms with Crippen LogP contribution in [0, 0.1) is 6.92 Å². The number of hydrogen-bond acceptors (Lipinski definition) is 3. The van der Waals surface area contributed by atoms with Crippen LogP contribution in [0.15, 0.2) is 22.7 Å². The van der Waals surface area contributed by atoms with Gasteiger partial charge in [-0.1, -0.05) is 15.9 Å². The zero-order valence-corrected chi connectivity index (χ0v) is 12.4. The van der Waals surface area contributed by atoms with E-state index >= 15 is 0 Å². The first-order valence-electron chi connectivity index (χ1n) is 5.89. The maximum absolute atomic E-state index is 12.0. The molecule has 0 heterocycles. The molecule has 108 valence electrons. The summed E-state index contributed by atoms with van der Waals surface area (Å²) in [6, 6.07) is 3.91. The van der Waals surface area contributed by atoms with Crippen molar-refractivity contribution in [1.82, 2.24) is 5.32 Å². The van der Waals surface area contributed by atoms with Crippen molar-refractivity contribution in [1.29, 1.82) is 0 Å². The van der Waals surface area contributed by atoms with Crippen LogP contribution < -0.4 is 11.1 Å². The molecule has 0 spiro atoms. The van der Waals surface area contributed by atoms with Crippen LogP contribution >= 0.6 is 15.9 Å². The smallest absolute Gasteiger partial charge is 0.326 e. The van der Waals surface area contributed by atoms with Crippen molar-refractivity contribution >= 4 is 33.7 Å². The van der Waals surface area contributed by atoms with Crippen LogP contribution in [0.4, 0.5) is 0 Å². The number of hydrogen-bond donors (Lipinski definition) is 3. The summed E-state index contributed by atoms with van der Waals surface area (Å²) < 4.78 is 0.829. The van der Waals surface area contributed by atoms with Crippen molar-refractivity contribution in [3.8, 4) is 0 Å². The van der Waals surface area contributed by atoms with E-state index in [-0.39, 0.29) is 12.8 Å². The first-order chi connectivity index (χ1) is 9.31. The van der Waals surface area contributed by atoms with Gasteiger partial charge in [0.05, 0.1) is 0 Å². The summed E-state index contributed by atoms with van der Waals surface area (Å²) in [6.07, 6.45) is -0.136. The Kier molecular flexibility index (Phi) is 5.69. The molecule has 1 rings (SSSR count). The zero-order valence-electron chi connectivity index (χ0n) is 10.9. The van der Waals surface area contributed by atoms with Crippen molar-refractivity contribution in [2.45, 2.75) is 25.8 Å². The van der Waals surface area contributed by atoms with Gasteiger partial charge >= 0.3 is 5.97 Å². The van der Waals surface area contributed by atoms with E-state index in [4.69, 9.17) is 10.8 Å². The third-order valence-corrected chi connectivity index (χ3v) is 3.21. The van der Waals surface area contributed by atoms with E-state index in [1.54, 1.807) is 25.1 Å². The van der Waals surface area contributed by atoms with Crippen molar-refractivity contribution in [2.75, 3.05) is 0 Å². The SMILES string of the molecule is Cc1cc(Br)ccc1C(=O)NC(CCC(N)=O)C(=O)O. The Hall–Kier alpha value is -1.89. The van der Waals surface area contributed by atoms with E-state index in [1.807, 2.05) is 0 Å². The van der Waals surface area contributed by atoms with Gasteiger partial charge in [-0.3, -0.25) is 9.59 Å². The molecule has 1 aromatic carbocycles. The monoisotopic (exact) mass is 342 g/mol. The maximum Gasteiger partial charge on any atom is 0.326 e. The van der Waals surface area contributed by atoms with E-state index in [1.165, 1.54) is 0 Å². The molecule has 1 unspecified atom stereocenters. The third-order valence-electron chi connectivity index (χ3n) is 2.72. The minimum Gasteiger partial charge on any atom is -0.480 e. The average Bonchev–Trinajstić information content (AvgIpc) is 2.33. The Bertz CT molecular complexity index is 545. The van der Waals surface area contributed by atoms with Gasteiger partial charge in [0.25, 0.3) is 5.91 Å². The molecule has 1 aromatic rings. The van der Waals surface area contributed by atoms with Gasteiger partial charge in [-0.15, -0.1) is 0 Å². The number of carboxylic acid groups (broad SMARTS) is 1. The van der Waals surface area contributed by atoms with Crippen LogP contribution in [-0.4, -0.2) is 28.9 Å². The first-order valence-corrected chi connectivity index (χ1v) is 6.68. The second kappa shape index (κ2) is 7.04. The third kappa shape index (κ3) is 4.65. The summed E-state index contributed by atoms with van der Waals surface area (Å²) >= 11 is 3.28. The molecule has 2 amide bonds. The summed E-state index contributed by atoms with van der Waals surface area (Å²) in [5, 5.41) is 11.4. The number of aryl methyl sites for hydroxylation is 1. The molecule has 0 bridgehead atoms. The molecular formula is C13H15BrN2O4. The molecule has 0 radical (unpaired) electrons. The first kappa shape index (κ1) is 16.2. The Morgan fingerprint density at radius 2 is 2.05 bits per heavy atom. The van der Waals surface area contributed by atoms with Crippen molar-refractivity contribution in [3.63, 3.8) is 0 Å². The van der Waals surface area contributed by atoms with Crippen molar-refractivity contribution in [2.24, 2.45) is 5.73 Å². The lowest BCUT2D eigenvalue weighted by molar-refractivity contribution is -0.139. The number of carboxylic acids is 1. The van der Waals surface area contributed by atoms with Crippen molar-refractivity contribution < 1.29 is 19.5 Å². The Labute approximate surface area is 124 Å². The second-order valence-corrected chi connectivity index (χ2v) is 5.24. The fourth-order valence-corrected chi connectivity index (χ4v) is 2.14. The highest BCUT2D eigenvalue weighted by molar-refractivity contribution is 9.10. The number of nitrogens with two attached hydrogens (primary N) is 1. The molecule has 0 aliphatic carbocycles. The molecule has 0 aliphatic heterocycles. The molecule has 7 heteroatoms. The van der Waals surface area contributed by atoms with E-state index in [2.05, 4.69) is 21.2 Å². The van der Waals surface area contributed by atoms with Gasteiger partial charge in [0, 0.05) is 16.5 Å². The molecular weight excluding hydrogens is 328 g/mol. The van der Waals surface area contributed by atoms with Crippen LogP contribution in [0.3, 0.4) is 0 Å². The predicted octanol–water partition coefficient (Wildman–Crippen LogP) is 1.21. The van der Waals surface area contributed by atoms with Gasteiger partial charge in [-0.05, 0) is 37.1 Å². The topological polar surface area (TPSA) is 109 Å². The molecule has 6 nitrogen and oxygen atoms in total. The maximum atomic E-state index is 12.0. The number of carbonyl (C=O) groups is 3. The highest BCUT2D eigenvalue weighted by atomic mass is 79.9. The van der Waals surface area contributed by atoms with Crippen LogP contribution in [0.5, 0.6) is 0 Å². The lowest BCUT2D eigenvalue weighted by Crippen LogP contribution is -2.41. The summed E-state index contributed by atoms with van der Waals surface area (Å²) in [7, 11) is 0. The van der Waals surface area contributed by atoms with Gasteiger partial charge in [-0.25, -0.2) is 4.79 Å². The van der Waals surface area contributed by atoms with Gasteiger partial charge in [-0.2, -0.15) is 0 Å². The molecule has 0 aliphatic rings. The number of benzene rings is 1. The number of primary amides is 1. The van der Waals surface area contributed by atoms with Crippen LogP contribution in [0.25, 0.3) is 0 Å². The lowest BCUT2D eigenvalue weighted by Gasteiger charge is -2.14. The van der Waals surface area contributed by atoms with Gasteiger partial charge in [0.15, 0.2) is 0 Å². The minimum absolute atomic E-state index is 0.0357. The quantitative estimate of drug-likeness (QED) is 0.721. The minimum atomic E-state index is -1.20. The molecule has 4 N–H and O–H groups in total. The fraction of sp³-hybridized carbons (Fsp3) is 0.308. The summed E-state index contributed by atoms with van der Waals surface area (Å²) in [4.78, 5) is 33.8. The molecule has 0 aromatic heterocycles. The summed E-state index contributed by atoms with van der Waals surface area (Å²) in [5.74, 6) is -2.30. The van der Waals surface area contributed by atoms with Crippen LogP contribution in [0.1, 0.15) is 28.8 Å². The number of halogens is 1. The number of rotatable bonds is 6. The Morgan fingerprint density at radius 3 is 2.55 bits per heavy atom. The largest absolute Gasteiger partial charge is 0.480 e. The Balaban J connectivity index is 2.80. The highest BCUT2D eigenvalue weighted by Crippen LogP contribution is 2.16. The van der Waals surface area contributed by atoms with Gasteiger partial charge in [0.2, 0.25) is 5.91 Å². The summed E-state index contributed by atoms with van der Waals surface area (Å²) in [5.41, 5.74) is 6.08. The number of amides is 2. The number of nitrogens with one attached hydrogen (secondary N) is 1. The van der Waals surface area contributed by atoms with Crippen LogP contribution in [0.2, 0.25) is 0 Å². The molecule has 0 saturated carbocycles. The van der Waals surface area contributed by atoms with E-state index < -0.39 is 23.8 Å².